The van der Waals surface area contributed by atoms with Gasteiger partial charge in [0.05, 0.1) is 5.92 Å². The van der Waals surface area contributed by atoms with Gasteiger partial charge in [0.2, 0.25) is 5.91 Å². The predicted molar refractivity (Wildman–Crippen MR) is 107 cm³/mol. The molecule has 0 fully saturated rings. The standard InChI is InChI=1S/C23H17NO4/c1-13-17-10-14(6-8-19(17)24-23(13)26)20(25)12-27-15-7-9-22-18(11-15)16-4-2-3-5-21(16)28-22/h2-11,13H,12H2,1H3,(H,24,26)/t13-/m0/s1. The molecule has 4 aromatic rings. The van der Waals surface area contributed by atoms with E-state index < -0.39 is 0 Å². The lowest BCUT2D eigenvalue weighted by Crippen LogP contribution is -2.12. The van der Waals surface area contributed by atoms with Crippen LogP contribution in [0.4, 0.5) is 5.69 Å². The molecular formula is C23H17NO4. The van der Waals surface area contributed by atoms with Crippen molar-refractivity contribution in [2.45, 2.75) is 12.8 Å². The second-order valence-corrected chi connectivity index (χ2v) is 6.98. The summed E-state index contributed by atoms with van der Waals surface area (Å²) in [5.74, 6) is 0.183. The maximum atomic E-state index is 12.6. The van der Waals surface area contributed by atoms with Gasteiger partial charge in [-0.05, 0) is 55.0 Å². The zero-order valence-electron chi connectivity index (χ0n) is 15.2. The van der Waals surface area contributed by atoms with Crippen LogP contribution in [-0.4, -0.2) is 18.3 Å². The van der Waals surface area contributed by atoms with Gasteiger partial charge in [-0.25, -0.2) is 0 Å². The predicted octanol–water partition coefficient (Wildman–Crippen LogP) is 4.90. The summed E-state index contributed by atoms with van der Waals surface area (Å²) in [5, 5.41) is 4.78. The van der Waals surface area contributed by atoms with Crippen LogP contribution in [0.1, 0.15) is 28.8 Å². The molecule has 1 N–H and O–H groups in total. The minimum absolute atomic E-state index is 0.0449. The molecule has 0 saturated carbocycles. The van der Waals surface area contributed by atoms with Crippen molar-refractivity contribution in [2.75, 3.05) is 11.9 Å². The number of hydrogen-bond donors (Lipinski definition) is 1. The van der Waals surface area contributed by atoms with Crippen LogP contribution in [-0.2, 0) is 4.79 Å². The Bertz CT molecular complexity index is 1250. The summed E-state index contributed by atoms with van der Waals surface area (Å²) in [6.45, 7) is 1.76. The molecule has 5 nitrogen and oxygen atoms in total. The topological polar surface area (TPSA) is 68.5 Å². The Balaban J connectivity index is 1.37. The minimum Gasteiger partial charge on any atom is -0.485 e. The van der Waals surface area contributed by atoms with Gasteiger partial charge in [-0.1, -0.05) is 18.2 Å². The molecular weight excluding hydrogens is 354 g/mol. The first-order valence-electron chi connectivity index (χ1n) is 9.12. The van der Waals surface area contributed by atoms with E-state index in [2.05, 4.69) is 5.32 Å². The lowest BCUT2D eigenvalue weighted by Gasteiger charge is -2.08. The third-order valence-corrected chi connectivity index (χ3v) is 5.21. The van der Waals surface area contributed by atoms with Crippen LogP contribution in [0.15, 0.2) is 65.1 Å². The lowest BCUT2D eigenvalue weighted by atomic mass is 9.99. The van der Waals surface area contributed by atoms with Crippen molar-refractivity contribution in [3.05, 3.63) is 71.8 Å². The average Bonchev–Trinajstić information content (AvgIpc) is 3.22. The molecule has 0 aliphatic carbocycles. The van der Waals surface area contributed by atoms with Crippen LogP contribution in [0.5, 0.6) is 5.75 Å². The lowest BCUT2D eigenvalue weighted by molar-refractivity contribution is -0.116. The van der Waals surface area contributed by atoms with E-state index in [-0.39, 0.29) is 24.2 Å². The number of benzene rings is 3. The van der Waals surface area contributed by atoms with Gasteiger partial charge < -0.3 is 14.5 Å². The van der Waals surface area contributed by atoms with Gasteiger partial charge >= 0.3 is 0 Å². The third-order valence-electron chi connectivity index (χ3n) is 5.21. The van der Waals surface area contributed by atoms with Gasteiger partial charge in [-0.3, -0.25) is 9.59 Å². The van der Waals surface area contributed by atoms with E-state index in [1.807, 2.05) is 43.3 Å². The molecule has 1 aliphatic heterocycles. The zero-order valence-corrected chi connectivity index (χ0v) is 15.2. The SMILES string of the molecule is C[C@@H]1C(=O)Nc2ccc(C(=O)COc3ccc4oc5ccccc5c4c3)cc21. The number of anilines is 1. The number of Topliss-reactive ketones (excluding diaryl/α,β-unsaturated/α-hetero) is 1. The fraction of sp³-hybridized carbons (Fsp3) is 0.130. The van der Waals surface area contributed by atoms with E-state index in [4.69, 9.17) is 9.15 Å². The van der Waals surface area contributed by atoms with Crippen molar-refractivity contribution < 1.29 is 18.7 Å². The van der Waals surface area contributed by atoms with Crippen molar-refractivity contribution in [1.29, 1.82) is 0 Å². The first-order chi connectivity index (χ1) is 13.6. The van der Waals surface area contributed by atoms with E-state index >= 15 is 0 Å². The zero-order chi connectivity index (χ0) is 19.3. The number of furan rings is 1. The van der Waals surface area contributed by atoms with Crippen molar-refractivity contribution in [2.24, 2.45) is 0 Å². The normalized spacial score (nSPS) is 15.6. The fourth-order valence-electron chi connectivity index (χ4n) is 3.62. The number of nitrogens with one attached hydrogen (secondary N) is 1. The molecule has 0 unspecified atom stereocenters. The largest absolute Gasteiger partial charge is 0.485 e. The summed E-state index contributed by atoms with van der Waals surface area (Å²) in [6, 6.07) is 18.6. The van der Waals surface area contributed by atoms with E-state index in [1.54, 1.807) is 24.3 Å². The van der Waals surface area contributed by atoms with E-state index in [1.165, 1.54) is 0 Å². The van der Waals surface area contributed by atoms with E-state index in [9.17, 15) is 9.59 Å². The number of carbonyl (C=O) groups is 2. The Morgan fingerprint density at radius 2 is 1.86 bits per heavy atom. The molecule has 0 spiro atoms. The number of ketones is 1. The van der Waals surface area contributed by atoms with Gasteiger partial charge in [0.25, 0.3) is 0 Å². The van der Waals surface area contributed by atoms with E-state index in [0.717, 1.165) is 33.2 Å². The molecule has 1 amide bonds. The van der Waals surface area contributed by atoms with Crippen LogP contribution in [0.3, 0.4) is 0 Å². The highest BCUT2D eigenvalue weighted by atomic mass is 16.5. The van der Waals surface area contributed by atoms with Gasteiger partial charge in [0, 0.05) is 22.0 Å². The van der Waals surface area contributed by atoms with Crippen molar-refractivity contribution in [1.82, 2.24) is 0 Å². The molecule has 5 rings (SSSR count). The summed E-state index contributed by atoms with van der Waals surface area (Å²) in [5.41, 5.74) is 3.76. The summed E-state index contributed by atoms with van der Waals surface area (Å²) in [6.07, 6.45) is 0. The number of carbonyl (C=O) groups excluding carboxylic acids is 2. The number of amides is 1. The summed E-state index contributed by atoms with van der Waals surface area (Å²) >= 11 is 0. The molecule has 2 heterocycles. The average molecular weight is 371 g/mol. The quantitative estimate of drug-likeness (QED) is 0.518. The van der Waals surface area contributed by atoms with Gasteiger partial charge in [0.15, 0.2) is 12.4 Å². The molecule has 0 bridgehead atoms. The highest BCUT2D eigenvalue weighted by molar-refractivity contribution is 6.06. The Hall–Kier alpha value is -3.60. The van der Waals surface area contributed by atoms with Crippen LogP contribution in [0, 0.1) is 0 Å². The first kappa shape index (κ1) is 16.6. The number of rotatable bonds is 4. The molecule has 28 heavy (non-hydrogen) atoms. The van der Waals surface area contributed by atoms with Crippen LogP contribution in [0.25, 0.3) is 21.9 Å². The van der Waals surface area contributed by atoms with Crippen molar-refractivity contribution >= 4 is 39.3 Å². The Labute approximate surface area is 160 Å². The Kier molecular flexibility index (Phi) is 3.69. The molecule has 0 radical (unpaired) electrons. The number of para-hydroxylation sites is 1. The molecule has 3 aromatic carbocycles. The van der Waals surface area contributed by atoms with Crippen molar-refractivity contribution in [3.8, 4) is 5.75 Å². The number of hydrogen-bond acceptors (Lipinski definition) is 4. The first-order valence-corrected chi connectivity index (χ1v) is 9.12. The smallest absolute Gasteiger partial charge is 0.231 e. The monoisotopic (exact) mass is 371 g/mol. The maximum Gasteiger partial charge on any atom is 0.231 e. The summed E-state index contributed by atoms with van der Waals surface area (Å²) in [7, 11) is 0. The summed E-state index contributed by atoms with van der Waals surface area (Å²) < 4.78 is 11.5. The van der Waals surface area contributed by atoms with Crippen molar-refractivity contribution in [3.63, 3.8) is 0 Å². The van der Waals surface area contributed by atoms with Gasteiger partial charge in [-0.15, -0.1) is 0 Å². The Morgan fingerprint density at radius 1 is 1.04 bits per heavy atom. The minimum atomic E-state index is -0.250. The Morgan fingerprint density at radius 3 is 2.75 bits per heavy atom. The molecule has 138 valence electrons. The molecule has 0 saturated heterocycles. The van der Waals surface area contributed by atoms with Crippen LogP contribution in [0.2, 0.25) is 0 Å². The van der Waals surface area contributed by atoms with Gasteiger partial charge in [-0.2, -0.15) is 0 Å². The third kappa shape index (κ3) is 2.63. The van der Waals surface area contributed by atoms with Crippen LogP contribution < -0.4 is 10.1 Å². The second kappa shape index (κ2) is 6.23. The maximum absolute atomic E-state index is 12.6. The fourth-order valence-corrected chi connectivity index (χ4v) is 3.62. The van der Waals surface area contributed by atoms with E-state index in [0.29, 0.717) is 11.3 Å². The highest BCUT2D eigenvalue weighted by Crippen LogP contribution is 2.33. The number of fused-ring (bicyclic) bond motifs is 4. The molecule has 1 aliphatic rings. The highest BCUT2D eigenvalue weighted by Gasteiger charge is 2.27. The molecule has 1 atom stereocenters. The van der Waals surface area contributed by atoms with Crippen LogP contribution >= 0.6 is 0 Å². The van der Waals surface area contributed by atoms with Gasteiger partial charge in [0.1, 0.15) is 16.9 Å². The number of ether oxygens (including phenoxy) is 1. The molecule has 5 heteroatoms. The second-order valence-electron chi connectivity index (χ2n) is 6.98. The summed E-state index contributed by atoms with van der Waals surface area (Å²) in [4.78, 5) is 24.4. The molecule has 1 aromatic heterocycles.